The van der Waals surface area contributed by atoms with Crippen LogP contribution in [0.25, 0.3) is 0 Å². The number of carbonyl (C=O) groups is 1. The Hall–Kier alpha value is -0.680. The Balaban J connectivity index is 0. The molecule has 0 aromatic heterocycles. The molecule has 0 spiro atoms. The largest absolute Gasteiger partial charge is 0.466 e. The highest BCUT2D eigenvalue weighted by Crippen LogP contribution is 2.25. The third-order valence-corrected chi connectivity index (χ3v) is 0.786. The van der Waals surface area contributed by atoms with Crippen molar-refractivity contribution in [3.63, 3.8) is 0 Å². The van der Waals surface area contributed by atoms with Gasteiger partial charge < -0.3 is 19.4 Å². The van der Waals surface area contributed by atoms with E-state index in [1.165, 1.54) is 0 Å². The summed E-state index contributed by atoms with van der Waals surface area (Å²) in [6.45, 7) is 7.51. The van der Waals surface area contributed by atoms with Gasteiger partial charge >= 0.3 is 13.8 Å². The molecule has 0 bridgehead atoms. The lowest BCUT2D eigenvalue weighted by atomic mass is 10.4. The van der Waals surface area contributed by atoms with E-state index in [2.05, 4.69) is 6.58 Å². The zero-order valence-electron chi connectivity index (χ0n) is 8.13. The Bertz CT molecular complexity index is 222. The van der Waals surface area contributed by atoms with Crippen LogP contribution in [0.15, 0.2) is 12.2 Å². The minimum atomic E-state index is -4.64. The third kappa shape index (κ3) is 22.5. The van der Waals surface area contributed by atoms with Gasteiger partial charge in [0.15, 0.2) is 0 Å². The molecule has 0 saturated heterocycles. The Kier molecular flexibility index (Phi) is 8.68. The summed E-state index contributed by atoms with van der Waals surface area (Å²) in [6, 6.07) is 0. The summed E-state index contributed by atoms with van der Waals surface area (Å²) in [7, 11) is -4.64. The monoisotopic (exact) mass is 226 g/mol. The quantitative estimate of drug-likeness (QED) is 0.369. The van der Waals surface area contributed by atoms with Crippen molar-refractivity contribution in [3.8, 4) is 0 Å². The molecule has 0 aromatic carbocycles. The van der Waals surface area contributed by atoms with Crippen molar-refractivity contribution < 1.29 is 28.8 Å². The van der Waals surface area contributed by atoms with Gasteiger partial charge in [-0.05, 0) is 13.3 Å². The molecule has 0 amide bonds. The van der Waals surface area contributed by atoms with Crippen molar-refractivity contribution >= 4 is 13.8 Å². The highest BCUT2D eigenvalue weighted by Gasteiger charge is 2.00. The first-order valence-corrected chi connectivity index (χ1v) is 5.36. The maximum absolute atomic E-state index is 10.6. The normalized spacial score (nSPS) is 9.79. The molecule has 0 unspecified atom stereocenters. The van der Waals surface area contributed by atoms with Crippen LogP contribution in [0.3, 0.4) is 0 Å². The van der Waals surface area contributed by atoms with Gasteiger partial charge in [-0.1, -0.05) is 13.5 Å². The van der Waals surface area contributed by atoms with Crippen LogP contribution in [0.2, 0.25) is 0 Å². The summed E-state index contributed by atoms with van der Waals surface area (Å²) in [4.78, 5) is 32.1. The van der Waals surface area contributed by atoms with Crippen molar-refractivity contribution in [3.05, 3.63) is 12.2 Å². The molecule has 0 aliphatic rings. The highest BCUT2D eigenvalue weighted by atomic mass is 31.2. The lowest BCUT2D eigenvalue weighted by molar-refractivity contribution is -0.138. The Morgan fingerprint density at radius 3 is 2.00 bits per heavy atom. The molecule has 0 fully saturated rings. The van der Waals surface area contributed by atoms with Gasteiger partial charge in [0.1, 0.15) is 0 Å². The van der Waals surface area contributed by atoms with Crippen molar-refractivity contribution in [1.29, 1.82) is 0 Å². The van der Waals surface area contributed by atoms with Gasteiger partial charge in [0.05, 0.1) is 6.61 Å². The average molecular weight is 226 g/mol. The minimum absolute atomic E-state index is 0.295. The lowest BCUT2D eigenvalue weighted by Crippen LogP contribution is -2.04. The number of ether oxygens (including phenoxy) is 1. The van der Waals surface area contributed by atoms with E-state index in [1.54, 1.807) is 6.92 Å². The number of phosphoric acid groups is 1. The van der Waals surface area contributed by atoms with Crippen molar-refractivity contribution in [2.75, 3.05) is 6.61 Å². The summed E-state index contributed by atoms with van der Waals surface area (Å²) in [5.41, 5.74) is 0.462. The second kappa shape index (κ2) is 7.70. The SMILES string of the molecule is C=C(C)C(=O)OCCC.O=P(O)(O)O. The van der Waals surface area contributed by atoms with Crippen LogP contribution in [-0.2, 0) is 14.1 Å². The van der Waals surface area contributed by atoms with Crippen LogP contribution in [0, 0.1) is 0 Å². The average Bonchev–Trinajstić information content (AvgIpc) is 1.96. The molecule has 0 radical (unpaired) electrons. The van der Waals surface area contributed by atoms with Gasteiger partial charge in [0.25, 0.3) is 0 Å². The third-order valence-electron chi connectivity index (χ3n) is 0.786. The Labute approximate surface area is 82.5 Å². The van der Waals surface area contributed by atoms with Crippen LogP contribution < -0.4 is 0 Å². The molecule has 84 valence electrons. The smallest absolute Gasteiger partial charge is 0.462 e. The molecule has 0 rings (SSSR count). The van der Waals surface area contributed by atoms with E-state index in [0.717, 1.165) is 6.42 Å². The molecular weight excluding hydrogens is 211 g/mol. The highest BCUT2D eigenvalue weighted by molar-refractivity contribution is 7.45. The maximum atomic E-state index is 10.6. The molecule has 0 aliphatic heterocycles. The molecule has 3 N–H and O–H groups in total. The number of rotatable bonds is 3. The standard InChI is InChI=1S/C7H12O2.H3O4P/c1-4-5-9-7(8)6(2)3;1-5(2,3)4/h2,4-5H2,1,3H3;(H3,1,2,3,4). The molecule has 0 aromatic rings. The number of esters is 1. The predicted octanol–water partition coefficient (Wildman–Crippen LogP) is 0.587. The van der Waals surface area contributed by atoms with E-state index in [9.17, 15) is 4.79 Å². The molecule has 7 heteroatoms. The first-order chi connectivity index (χ1) is 6.18. The van der Waals surface area contributed by atoms with Gasteiger partial charge in [0, 0.05) is 5.57 Å². The first-order valence-electron chi connectivity index (χ1n) is 3.79. The van der Waals surface area contributed by atoms with Crippen molar-refractivity contribution in [2.45, 2.75) is 20.3 Å². The molecule has 0 heterocycles. The predicted molar refractivity (Wildman–Crippen MR) is 50.3 cm³/mol. The van der Waals surface area contributed by atoms with Gasteiger partial charge in [-0.2, -0.15) is 0 Å². The lowest BCUT2D eigenvalue weighted by Gasteiger charge is -1.99. The topological polar surface area (TPSA) is 104 Å². The Morgan fingerprint density at radius 2 is 1.79 bits per heavy atom. The summed E-state index contributed by atoms with van der Waals surface area (Å²) in [6.07, 6.45) is 0.860. The summed E-state index contributed by atoms with van der Waals surface area (Å²) >= 11 is 0. The van der Waals surface area contributed by atoms with E-state index in [4.69, 9.17) is 24.0 Å². The summed E-state index contributed by atoms with van der Waals surface area (Å²) in [5, 5.41) is 0. The van der Waals surface area contributed by atoms with E-state index in [-0.39, 0.29) is 5.97 Å². The fourth-order valence-corrected chi connectivity index (χ4v) is 0.318. The van der Waals surface area contributed by atoms with Crippen molar-refractivity contribution in [2.24, 2.45) is 0 Å². The van der Waals surface area contributed by atoms with E-state index in [1.807, 2.05) is 6.92 Å². The number of carbonyl (C=O) groups excluding carboxylic acids is 1. The zero-order chi connectivity index (χ0) is 11.8. The van der Waals surface area contributed by atoms with Crippen LogP contribution in [0.4, 0.5) is 0 Å². The van der Waals surface area contributed by atoms with Gasteiger partial charge in [-0.3, -0.25) is 0 Å². The first kappa shape index (κ1) is 15.8. The number of hydrogen-bond acceptors (Lipinski definition) is 3. The van der Waals surface area contributed by atoms with Gasteiger partial charge in [-0.25, -0.2) is 9.36 Å². The van der Waals surface area contributed by atoms with E-state index >= 15 is 0 Å². The fourth-order valence-electron chi connectivity index (χ4n) is 0.318. The summed E-state index contributed by atoms with van der Waals surface area (Å²) in [5.74, 6) is -0.295. The van der Waals surface area contributed by atoms with E-state index < -0.39 is 7.82 Å². The van der Waals surface area contributed by atoms with E-state index in [0.29, 0.717) is 12.2 Å². The molecule has 0 saturated carbocycles. The summed E-state index contributed by atoms with van der Waals surface area (Å²) < 4.78 is 13.6. The van der Waals surface area contributed by atoms with Crippen LogP contribution >= 0.6 is 7.82 Å². The van der Waals surface area contributed by atoms with Crippen LogP contribution in [-0.4, -0.2) is 27.3 Å². The Morgan fingerprint density at radius 1 is 1.43 bits per heavy atom. The molecular formula is C7H15O6P. The molecule has 0 atom stereocenters. The van der Waals surface area contributed by atoms with Gasteiger partial charge in [0.2, 0.25) is 0 Å². The molecule has 0 aliphatic carbocycles. The zero-order valence-corrected chi connectivity index (χ0v) is 9.03. The molecule has 6 nitrogen and oxygen atoms in total. The molecule has 14 heavy (non-hydrogen) atoms. The fraction of sp³-hybridized carbons (Fsp3) is 0.571. The number of hydrogen-bond donors (Lipinski definition) is 3. The van der Waals surface area contributed by atoms with Gasteiger partial charge in [-0.15, -0.1) is 0 Å². The minimum Gasteiger partial charge on any atom is -0.462 e. The second-order valence-corrected chi connectivity index (χ2v) is 3.46. The van der Waals surface area contributed by atoms with Crippen LogP contribution in [0.5, 0.6) is 0 Å². The van der Waals surface area contributed by atoms with Crippen LogP contribution in [0.1, 0.15) is 20.3 Å². The maximum Gasteiger partial charge on any atom is 0.466 e. The second-order valence-electron chi connectivity index (χ2n) is 2.43. The van der Waals surface area contributed by atoms with Crippen molar-refractivity contribution in [1.82, 2.24) is 0 Å².